The van der Waals surface area contributed by atoms with Crippen LogP contribution in [0.3, 0.4) is 0 Å². The Bertz CT molecular complexity index is 1510. The third-order valence-electron chi connectivity index (χ3n) is 5.26. The van der Waals surface area contributed by atoms with Crippen molar-refractivity contribution in [3.05, 3.63) is 91.4 Å². The van der Waals surface area contributed by atoms with Gasteiger partial charge >= 0.3 is 11.7 Å². The van der Waals surface area contributed by atoms with Crippen LogP contribution in [-0.2, 0) is 16.1 Å². The maximum absolute atomic E-state index is 13.4. The summed E-state index contributed by atoms with van der Waals surface area (Å²) in [5, 5.41) is 4.37. The number of anilines is 1. The monoisotopic (exact) mass is 463 g/mol. The Morgan fingerprint density at radius 3 is 2.55 bits per heavy atom. The molecule has 4 aromatic rings. The fraction of sp³-hybridized carbons (Fsp3) is 0.167. The van der Waals surface area contributed by atoms with Gasteiger partial charge in [-0.3, -0.25) is 14.2 Å². The second kappa shape index (κ2) is 8.87. The SMILES string of the molecule is COC(=O)c1ccccc1NC(=O)Cn1c(=O)n(-c2ccc(C)cc2C)c(=O)c2sccc21. The first-order valence-corrected chi connectivity index (χ1v) is 11.0. The van der Waals surface area contributed by atoms with Crippen LogP contribution in [0, 0.1) is 13.8 Å². The number of aromatic nitrogens is 2. The molecule has 168 valence electrons. The molecule has 2 heterocycles. The largest absolute Gasteiger partial charge is 0.465 e. The summed E-state index contributed by atoms with van der Waals surface area (Å²) in [5.41, 5.74) is 2.05. The number of hydrogen-bond donors (Lipinski definition) is 1. The van der Waals surface area contributed by atoms with Crippen molar-refractivity contribution in [1.82, 2.24) is 9.13 Å². The molecule has 8 nitrogen and oxygen atoms in total. The molecule has 0 atom stereocenters. The maximum Gasteiger partial charge on any atom is 0.339 e. The van der Waals surface area contributed by atoms with E-state index in [-0.39, 0.29) is 17.8 Å². The molecule has 0 aliphatic carbocycles. The number of fused-ring (bicyclic) bond motifs is 1. The van der Waals surface area contributed by atoms with Gasteiger partial charge in [-0.05, 0) is 49.1 Å². The van der Waals surface area contributed by atoms with Crippen molar-refractivity contribution in [2.24, 2.45) is 0 Å². The van der Waals surface area contributed by atoms with Crippen molar-refractivity contribution in [3.63, 3.8) is 0 Å². The first kappa shape index (κ1) is 22.2. The van der Waals surface area contributed by atoms with Gasteiger partial charge in [-0.25, -0.2) is 14.2 Å². The topological polar surface area (TPSA) is 99.4 Å². The Balaban J connectivity index is 1.79. The van der Waals surface area contributed by atoms with Crippen LogP contribution in [0.2, 0.25) is 0 Å². The lowest BCUT2D eigenvalue weighted by molar-refractivity contribution is -0.116. The molecule has 4 rings (SSSR count). The van der Waals surface area contributed by atoms with Gasteiger partial charge in [0, 0.05) is 0 Å². The number of hydrogen-bond acceptors (Lipinski definition) is 6. The fourth-order valence-corrected chi connectivity index (χ4v) is 4.55. The van der Waals surface area contributed by atoms with Gasteiger partial charge < -0.3 is 10.1 Å². The Morgan fingerprint density at radius 1 is 1.06 bits per heavy atom. The van der Waals surface area contributed by atoms with E-state index in [1.165, 1.54) is 29.1 Å². The Morgan fingerprint density at radius 2 is 1.82 bits per heavy atom. The lowest BCUT2D eigenvalue weighted by Crippen LogP contribution is -2.40. The second-order valence-electron chi connectivity index (χ2n) is 7.52. The van der Waals surface area contributed by atoms with Crippen LogP contribution < -0.4 is 16.6 Å². The number of ether oxygens (including phenoxy) is 1. The zero-order chi connectivity index (χ0) is 23.7. The molecular formula is C24H21N3O5S. The number of nitrogens with one attached hydrogen (secondary N) is 1. The van der Waals surface area contributed by atoms with Crippen molar-refractivity contribution in [2.45, 2.75) is 20.4 Å². The molecule has 0 radical (unpaired) electrons. The van der Waals surface area contributed by atoms with Gasteiger partial charge in [0.1, 0.15) is 11.2 Å². The van der Waals surface area contributed by atoms with Crippen LogP contribution in [0.5, 0.6) is 0 Å². The molecule has 1 amide bonds. The average Bonchev–Trinajstić information content (AvgIpc) is 3.28. The van der Waals surface area contributed by atoms with Crippen LogP contribution in [0.25, 0.3) is 15.9 Å². The predicted molar refractivity (Wildman–Crippen MR) is 128 cm³/mol. The predicted octanol–water partition coefficient (Wildman–Crippen LogP) is 3.26. The molecule has 0 bridgehead atoms. The number of carbonyl (C=O) groups excluding carboxylic acids is 2. The minimum Gasteiger partial charge on any atom is -0.465 e. The highest BCUT2D eigenvalue weighted by Gasteiger charge is 2.20. The molecule has 0 saturated carbocycles. The number of carbonyl (C=O) groups is 2. The summed E-state index contributed by atoms with van der Waals surface area (Å²) in [4.78, 5) is 51.5. The second-order valence-corrected chi connectivity index (χ2v) is 8.44. The molecule has 0 unspecified atom stereocenters. The molecule has 0 aliphatic rings. The Kier molecular flexibility index (Phi) is 5.97. The van der Waals surface area contributed by atoms with Gasteiger partial charge in [-0.2, -0.15) is 0 Å². The van der Waals surface area contributed by atoms with E-state index in [0.29, 0.717) is 15.9 Å². The summed E-state index contributed by atoms with van der Waals surface area (Å²) in [6.45, 7) is 3.41. The highest BCUT2D eigenvalue weighted by atomic mass is 32.1. The third kappa shape index (κ3) is 4.10. The highest BCUT2D eigenvalue weighted by Crippen LogP contribution is 2.19. The van der Waals surface area contributed by atoms with E-state index in [0.717, 1.165) is 15.7 Å². The molecule has 2 aromatic heterocycles. The molecule has 0 spiro atoms. The van der Waals surface area contributed by atoms with E-state index in [4.69, 9.17) is 4.74 Å². The van der Waals surface area contributed by atoms with Crippen LogP contribution in [0.1, 0.15) is 21.5 Å². The number of rotatable bonds is 5. The number of methoxy groups -OCH3 is 1. The summed E-state index contributed by atoms with van der Waals surface area (Å²) < 4.78 is 7.50. The minimum absolute atomic E-state index is 0.196. The number of aryl methyl sites for hydroxylation is 2. The van der Waals surface area contributed by atoms with Crippen molar-refractivity contribution in [1.29, 1.82) is 0 Å². The van der Waals surface area contributed by atoms with Gasteiger partial charge in [0.25, 0.3) is 5.56 Å². The van der Waals surface area contributed by atoms with Crippen molar-refractivity contribution >= 4 is 39.1 Å². The number of benzene rings is 2. The number of para-hydroxylation sites is 1. The van der Waals surface area contributed by atoms with Crippen LogP contribution in [-0.4, -0.2) is 28.1 Å². The molecule has 0 aliphatic heterocycles. The number of esters is 1. The van der Waals surface area contributed by atoms with E-state index in [1.807, 2.05) is 26.0 Å². The summed E-state index contributed by atoms with van der Waals surface area (Å²) in [6.07, 6.45) is 0. The summed E-state index contributed by atoms with van der Waals surface area (Å²) in [7, 11) is 1.25. The maximum atomic E-state index is 13.4. The molecule has 9 heteroatoms. The van der Waals surface area contributed by atoms with Crippen molar-refractivity contribution < 1.29 is 14.3 Å². The van der Waals surface area contributed by atoms with E-state index in [1.54, 1.807) is 35.7 Å². The van der Waals surface area contributed by atoms with Gasteiger partial charge in [0.2, 0.25) is 5.91 Å². The quantitative estimate of drug-likeness (QED) is 0.458. The Labute approximate surface area is 192 Å². The van der Waals surface area contributed by atoms with Crippen LogP contribution >= 0.6 is 11.3 Å². The fourth-order valence-electron chi connectivity index (χ4n) is 3.72. The van der Waals surface area contributed by atoms with E-state index >= 15 is 0 Å². The normalized spacial score (nSPS) is 10.9. The number of nitrogens with zero attached hydrogens (tertiary/aromatic N) is 2. The number of amides is 1. The van der Waals surface area contributed by atoms with E-state index in [9.17, 15) is 19.2 Å². The molecule has 33 heavy (non-hydrogen) atoms. The van der Waals surface area contributed by atoms with Gasteiger partial charge in [0.05, 0.1) is 29.6 Å². The summed E-state index contributed by atoms with van der Waals surface area (Å²) in [6, 6.07) is 13.5. The summed E-state index contributed by atoms with van der Waals surface area (Å²) >= 11 is 1.21. The van der Waals surface area contributed by atoms with Crippen molar-refractivity contribution in [2.75, 3.05) is 12.4 Å². The third-order valence-corrected chi connectivity index (χ3v) is 6.15. The molecule has 0 fully saturated rings. The van der Waals surface area contributed by atoms with Gasteiger partial charge in [-0.1, -0.05) is 29.8 Å². The smallest absolute Gasteiger partial charge is 0.339 e. The zero-order valence-electron chi connectivity index (χ0n) is 18.2. The molecule has 1 N–H and O–H groups in total. The number of thiophene rings is 1. The minimum atomic E-state index is -0.616. The standard InChI is InChI=1S/C24H21N3O5S/c1-14-8-9-18(15(2)12-14)27-22(29)21-19(10-11-33-21)26(24(27)31)13-20(28)25-17-7-5-4-6-16(17)23(30)32-3/h4-12H,13H2,1-3H3,(H,25,28). The Hall–Kier alpha value is -3.98. The zero-order valence-corrected chi connectivity index (χ0v) is 19.1. The van der Waals surface area contributed by atoms with E-state index in [2.05, 4.69) is 5.32 Å². The highest BCUT2D eigenvalue weighted by molar-refractivity contribution is 7.17. The summed E-state index contributed by atoms with van der Waals surface area (Å²) in [5.74, 6) is -1.11. The lowest BCUT2D eigenvalue weighted by atomic mass is 10.1. The molecular weight excluding hydrogens is 442 g/mol. The van der Waals surface area contributed by atoms with Crippen LogP contribution in [0.4, 0.5) is 5.69 Å². The molecule has 2 aromatic carbocycles. The van der Waals surface area contributed by atoms with Crippen LogP contribution in [0.15, 0.2) is 63.5 Å². The van der Waals surface area contributed by atoms with E-state index < -0.39 is 23.1 Å². The van der Waals surface area contributed by atoms with Crippen molar-refractivity contribution in [3.8, 4) is 5.69 Å². The molecule has 0 saturated heterocycles. The average molecular weight is 464 g/mol. The van der Waals surface area contributed by atoms with Gasteiger partial charge in [-0.15, -0.1) is 11.3 Å². The first-order valence-electron chi connectivity index (χ1n) is 10.1. The lowest BCUT2D eigenvalue weighted by Gasteiger charge is -2.15. The van der Waals surface area contributed by atoms with Gasteiger partial charge in [0.15, 0.2) is 0 Å². The first-order chi connectivity index (χ1) is 15.8.